The van der Waals surface area contributed by atoms with Crippen molar-refractivity contribution < 1.29 is 0 Å². The number of aromatic nitrogens is 3. The standard InChI is InChI=1S/C19H19N3O3/c1-5-10(2)22-18(24)11-6-7-13-16-14(20(3)21(4)17(13)23)9-8-12(15(11)16)19(22)25/h6-10H,5H2,1-4H3/t10-/m1/s1. The fraction of sp³-hybridized carbons (Fsp3) is 0.316. The maximum atomic E-state index is 13.0. The monoisotopic (exact) mass is 337 g/mol. The van der Waals surface area contributed by atoms with Crippen molar-refractivity contribution >= 4 is 32.4 Å². The van der Waals surface area contributed by atoms with Crippen LogP contribution in [0.1, 0.15) is 26.3 Å². The quantitative estimate of drug-likeness (QED) is 0.526. The highest BCUT2D eigenvalue weighted by Gasteiger charge is 2.20. The van der Waals surface area contributed by atoms with Gasteiger partial charge in [-0.25, -0.2) is 0 Å². The lowest BCUT2D eigenvalue weighted by Gasteiger charge is -2.18. The lowest BCUT2D eigenvalue weighted by Crippen LogP contribution is -2.35. The van der Waals surface area contributed by atoms with Crippen LogP contribution >= 0.6 is 0 Å². The Morgan fingerprint density at radius 2 is 1.32 bits per heavy atom. The maximum absolute atomic E-state index is 13.0. The second-order valence-corrected chi connectivity index (χ2v) is 6.63. The van der Waals surface area contributed by atoms with Crippen molar-refractivity contribution in [2.24, 2.45) is 14.1 Å². The molecule has 0 fully saturated rings. The van der Waals surface area contributed by atoms with Crippen LogP contribution in [0.2, 0.25) is 0 Å². The highest BCUT2D eigenvalue weighted by Crippen LogP contribution is 2.30. The Kier molecular flexibility index (Phi) is 3.16. The zero-order valence-electron chi connectivity index (χ0n) is 14.7. The molecule has 0 bridgehead atoms. The third kappa shape index (κ3) is 1.82. The SMILES string of the molecule is CC[C@@H](C)n1c(=O)c2ccc3c(=O)n(C)n(C)c4ccc(c1=O)c2c34. The molecule has 0 aliphatic rings. The molecule has 25 heavy (non-hydrogen) atoms. The molecule has 0 spiro atoms. The van der Waals surface area contributed by atoms with E-state index in [0.29, 0.717) is 33.4 Å². The number of hydrogen-bond donors (Lipinski definition) is 0. The lowest BCUT2D eigenvalue weighted by molar-refractivity contribution is 0.506. The van der Waals surface area contributed by atoms with Crippen LogP contribution in [-0.2, 0) is 14.1 Å². The Hall–Kier alpha value is -2.89. The molecule has 128 valence electrons. The van der Waals surface area contributed by atoms with Crippen LogP contribution < -0.4 is 16.7 Å². The molecule has 4 rings (SSSR count). The summed E-state index contributed by atoms with van der Waals surface area (Å²) in [5, 5.41) is 2.78. The summed E-state index contributed by atoms with van der Waals surface area (Å²) in [5.41, 5.74) is 0.0902. The molecule has 6 nitrogen and oxygen atoms in total. The van der Waals surface area contributed by atoms with Gasteiger partial charge in [-0.3, -0.25) is 28.3 Å². The normalized spacial score (nSPS) is 13.3. The molecule has 0 saturated carbocycles. The van der Waals surface area contributed by atoms with Gasteiger partial charge < -0.3 is 0 Å². The molecule has 0 radical (unpaired) electrons. The van der Waals surface area contributed by atoms with Gasteiger partial charge in [0.25, 0.3) is 16.7 Å². The smallest absolute Gasteiger partial charge is 0.272 e. The Morgan fingerprint density at radius 1 is 0.800 bits per heavy atom. The van der Waals surface area contributed by atoms with Crippen molar-refractivity contribution in [3.63, 3.8) is 0 Å². The number of benzene rings is 2. The van der Waals surface area contributed by atoms with Gasteiger partial charge in [0.05, 0.1) is 10.9 Å². The molecular formula is C19H19N3O3. The van der Waals surface area contributed by atoms with Gasteiger partial charge in [-0.05, 0) is 37.6 Å². The predicted molar refractivity (Wildman–Crippen MR) is 99.9 cm³/mol. The molecule has 0 saturated heterocycles. The number of aryl methyl sites for hydroxylation is 1. The Morgan fingerprint density at radius 3 is 1.88 bits per heavy atom. The van der Waals surface area contributed by atoms with Crippen LogP contribution in [0.5, 0.6) is 0 Å². The van der Waals surface area contributed by atoms with Crippen LogP contribution in [0.25, 0.3) is 32.4 Å². The Bertz CT molecular complexity index is 1290. The van der Waals surface area contributed by atoms with Gasteiger partial charge in [0.2, 0.25) is 0 Å². The minimum absolute atomic E-state index is 0.150. The summed E-state index contributed by atoms with van der Waals surface area (Å²) in [7, 11) is 3.49. The maximum Gasteiger partial charge on any atom is 0.272 e. The first-order valence-electron chi connectivity index (χ1n) is 8.37. The van der Waals surface area contributed by atoms with E-state index in [1.54, 1.807) is 37.0 Å². The zero-order valence-corrected chi connectivity index (χ0v) is 14.7. The van der Waals surface area contributed by atoms with Gasteiger partial charge in [-0.2, -0.15) is 0 Å². The second kappa shape index (κ2) is 5.05. The molecule has 0 aliphatic carbocycles. The number of hydrogen-bond acceptors (Lipinski definition) is 3. The molecule has 2 heterocycles. The van der Waals surface area contributed by atoms with Gasteiger partial charge in [0.1, 0.15) is 0 Å². The highest BCUT2D eigenvalue weighted by molar-refractivity contribution is 6.21. The van der Waals surface area contributed by atoms with Gasteiger partial charge >= 0.3 is 0 Å². The second-order valence-electron chi connectivity index (χ2n) is 6.63. The first-order valence-corrected chi connectivity index (χ1v) is 8.37. The number of rotatable bonds is 2. The van der Waals surface area contributed by atoms with Crippen molar-refractivity contribution in [2.75, 3.05) is 0 Å². The molecule has 0 aliphatic heterocycles. The summed E-state index contributed by atoms with van der Waals surface area (Å²) in [6.07, 6.45) is 0.693. The van der Waals surface area contributed by atoms with Gasteiger partial charge in [-0.15, -0.1) is 0 Å². The predicted octanol–water partition coefficient (Wildman–Crippen LogP) is 2.11. The van der Waals surface area contributed by atoms with Crippen molar-refractivity contribution in [1.29, 1.82) is 0 Å². The summed E-state index contributed by atoms with van der Waals surface area (Å²) in [6, 6.07) is 6.79. The number of nitrogens with zero attached hydrogens (tertiary/aromatic N) is 3. The minimum Gasteiger partial charge on any atom is -0.285 e. The van der Waals surface area contributed by atoms with Gasteiger partial charge in [0.15, 0.2) is 0 Å². The average Bonchev–Trinajstić information content (AvgIpc) is 2.62. The van der Waals surface area contributed by atoms with Gasteiger partial charge in [-0.1, -0.05) is 6.92 Å². The molecule has 0 amide bonds. The Labute approximate surface area is 142 Å². The van der Waals surface area contributed by atoms with E-state index >= 15 is 0 Å². The van der Waals surface area contributed by atoms with Gasteiger partial charge in [0, 0.05) is 41.7 Å². The van der Waals surface area contributed by atoms with Crippen LogP contribution in [0, 0.1) is 0 Å². The van der Waals surface area contributed by atoms with E-state index in [0.717, 1.165) is 5.52 Å². The van der Waals surface area contributed by atoms with E-state index in [1.165, 1.54) is 9.25 Å². The summed E-state index contributed by atoms with van der Waals surface area (Å²) in [5.74, 6) is 0. The van der Waals surface area contributed by atoms with Crippen molar-refractivity contribution in [3.8, 4) is 0 Å². The van der Waals surface area contributed by atoms with E-state index in [1.807, 2.05) is 19.9 Å². The third-order valence-corrected chi connectivity index (χ3v) is 5.39. The van der Waals surface area contributed by atoms with E-state index < -0.39 is 0 Å². The average molecular weight is 337 g/mol. The number of pyridine rings is 1. The van der Waals surface area contributed by atoms with E-state index in [2.05, 4.69) is 0 Å². The summed E-state index contributed by atoms with van der Waals surface area (Å²) >= 11 is 0. The topological polar surface area (TPSA) is 66.0 Å². The fourth-order valence-electron chi connectivity index (χ4n) is 3.69. The summed E-state index contributed by atoms with van der Waals surface area (Å²) in [6.45, 7) is 3.82. The molecular weight excluding hydrogens is 318 g/mol. The fourth-order valence-corrected chi connectivity index (χ4v) is 3.69. The highest BCUT2D eigenvalue weighted by atomic mass is 16.2. The first-order chi connectivity index (χ1) is 11.9. The van der Waals surface area contributed by atoms with Crippen LogP contribution in [0.3, 0.4) is 0 Å². The molecule has 2 aromatic carbocycles. The van der Waals surface area contributed by atoms with Crippen molar-refractivity contribution in [2.45, 2.75) is 26.3 Å². The summed E-state index contributed by atoms with van der Waals surface area (Å²) in [4.78, 5) is 38.6. The minimum atomic E-state index is -0.287. The molecule has 0 N–H and O–H groups in total. The van der Waals surface area contributed by atoms with E-state index in [-0.39, 0.29) is 22.7 Å². The van der Waals surface area contributed by atoms with Crippen LogP contribution in [-0.4, -0.2) is 13.9 Å². The van der Waals surface area contributed by atoms with Crippen LogP contribution in [0.4, 0.5) is 0 Å². The molecule has 4 aromatic rings. The zero-order chi connectivity index (χ0) is 18.0. The van der Waals surface area contributed by atoms with E-state index in [4.69, 9.17) is 0 Å². The molecule has 6 heteroatoms. The molecule has 0 unspecified atom stereocenters. The molecule has 1 atom stereocenters. The largest absolute Gasteiger partial charge is 0.285 e. The van der Waals surface area contributed by atoms with Crippen molar-refractivity contribution in [3.05, 3.63) is 55.3 Å². The van der Waals surface area contributed by atoms with Crippen LogP contribution in [0.15, 0.2) is 38.6 Å². The van der Waals surface area contributed by atoms with E-state index in [9.17, 15) is 14.4 Å². The van der Waals surface area contributed by atoms with Crippen molar-refractivity contribution in [1.82, 2.24) is 13.9 Å². The molecule has 2 aromatic heterocycles. The lowest BCUT2D eigenvalue weighted by atomic mass is 9.98. The Balaban J connectivity index is 2.40. The first kappa shape index (κ1) is 15.6. The summed E-state index contributed by atoms with van der Waals surface area (Å²) < 4.78 is 4.60. The third-order valence-electron chi connectivity index (χ3n) is 5.39.